The molecule has 1 aromatic rings. The van der Waals surface area contributed by atoms with Gasteiger partial charge in [-0.05, 0) is 25.0 Å². The van der Waals surface area contributed by atoms with Gasteiger partial charge in [0.15, 0.2) is 0 Å². The molecule has 110 valence electrons. The first-order valence-electron chi connectivity index (χ1n) is 6.91. The van der Waals surface area contributed by atoms with Gasteiger partial charge in [0.1, 0.15) is 5.82 Å². The van der Waals surface area contributed by atoms with Crippen molar-refractivity contribution in [1.82, 2.24) is 5.32 Å². The molecule has 1 saturated carbocycles. The number of benzene rings is 1. The van der Waals surface area contributed by atoms with E-state index in [9.17, 15) is 14.3 Å². The minimum atomic E-state index is -0.603. The summed E-state index contributed by atoms with van der Waals surface area (Å²) in [6.07, 6.45) is 5.11. The Kier molecular flexibility index (Phi) is 5.00. The fraction of sp³-hybridized carbons (Fsp3) is 0.533. The summed E-state index contributed by atoms with van der Waals surface area (Å²) in [6, 6.07) is 4.17. The van der Waals surface area contributed by atoms with Gasteiger partial charge in [-0.25, -0.2) is 4.39 Å². The molecule has 1 aliphatic carbocycles. The zero-order valence-electron chi connectivity index (χ0n) is 11.3. The minimum absolute atomic E-state index is 0.0597. The maximum atomic E-state index is 13.3. The Balaban J connectivity index is 2.02. The summed E-state index contributed by atoms with van der Waals surface area (Å²) in [5, 5.41) is 12.2. The SMILES string of the molecule is O=C(NCC1(CO)CCCCC1)c1cccc(F)c1Cl. The molecule has 2 rings (SSSR count). The molecule has 1 amide bonds. The highest BCUT2D eigenvalue weighted by Crippen LogP contribution is 2.35. The van der Waals surface area contributed by atoms with E-state index in [1.807, 2.05) is 0 Å². The van der Waals surface area contributed by atoms with E-state index in [0.717, 1.165) is 25.7 Å². The standard InChI is InChI=1S/C15H19ClFNO2/c16-13-11(5-4-6-12(13)17)14(20)18-9-15(10-19)7-2-1-3-8-15/h4-6,19H,1-3,7-10H2,(H,18,20). The molecule has 0 spiro atoms. The van der Waals surface area contributed by atoms with Crippen molar-refractivity contribution in [2.24, 2.45) is 5.41 Å². The highest BCUT2D eigenvalue weighted by molar-refractivity contribution is 6.34. The molecule has 0 heterocycles. The molecule has 0 atom stereocenters. The number of aliphatic hydroxyl groups excluding tert-OH is 1. The monoisotopic (exact) mass is 299 g/mol. The predicted octanol–water partition coefficient (Wildman–Crippen LogP) is 3.15. The Labute approximate surface area is 123 Å². The molecule has 3 nitrogen and oxygen atoms in total. The van der Waals surface area contributed by atoms with Crippen LogP contribution in [0.2, 0.25) is 5.02 Å². The van der Waals surface area contributed by atoms with Gasteiger partial charge in [-0.2, -0.15) is 0 Å². The van der Waals surface area contributed by atoms with Crippen molar-refractivity contribution in [1.29, 1.82) is 0 Å². The molecule has 0 aromatic heterocycles. The Bertz CT molecular complexity index is 487. The zero-order valence-corrected chi connectivity index (χ0v) is 12.0. The molecule has 1 aliphatic rings. The molecule has 0 unspecified atom stereocenters. The lowest BCUT2D eigenvalue weighted by atomic mass is 9.74. The predicted molar refractivity (Wildman–Crippen MR) is 76.3 cm³/mol. The van der Waals surface area contributed by atoms with Crippen LogP contribution in [-0.4, -0.2) is 24.2 Å². The van der Waals surface area contributed by atoms with Crippen LogP contribution in [-0.2, 0) is 0 Å². The summed E-state index contributed by atoms with van der Waals surface area (Å²) in [4.78, 5) is 12.1. The second-order valence-electron chi connectivity index (χ2n) is 5.50. The average molecular weight is 300 g/mol. The van der Waals surface area contributed by atoms with E-state index in [0.29, 0.717) is 6.54 Å². The number of halogens is 2. The van der Waals surface area contributed by atoms with Gasteiger partial charge < -0.3 is 10.4 Å². The molecule has 2 N–H and O–H groups in total. The van der Waals surface area contributed by atoms with E-state index in [1.165, 1.54) is 24.6 Å². The van der Waals surface area contributed by atoms with Gasteiger partial charge in [-0.1, -0.05) is 36.9 Å². The first-order chi connectivity index (χ1) is 9.58. The zero-order chi connectivity index (χ0) is 14.6. The third-order valence-electron chi connectivity index (χ3n) is 4.07. The van der Waals surface area contributed by atoms with Crippen molar-refractivity contribution in [3.63, 3.8) is 0 Å². The van der Waals surface area contributed by atoms with Crippen LogP contribution < -0.4 is 5.32 Å². The molecule has 1 aromatic carbocycles. The van der Waals surface area contributed by atoms with Crippen molar-refractivity contribution >= 4 is 17.5 Å². The fourth-order valence-corrected chi connectivity index (χ4v) is 2.95. The Hall–Kier alpha value is -1.13. The molecule has 5 heteroatoms. The summed E-state index contributed by atoms with van der Waals surface area (Å²) in [7, 11) is 0. The van der Waals surface area contributed by atoms with Crippen LogP contribution in [0.1, 0.15) is 42.5 Å². The first kappa shape index (κ1) is 15.3. The van der Waals surface area contributed by atoms with Gasteiger partial charge in [0.05, 0.1) is 17.2 Å². The number of nitrogens with one attached hydrogen (secondary N) is 1. The van der Waals surface area contributed by atoms with Crippen LogP contribution in [0.25, 0.3) is 0 Å². The Morgan fingerprint density at radius 2 is 2.05 bits per heavy atom. The lowest BCUT2D eigenvalue weighted by Gasteiger charge is -2.35. The molecule has 0 bridgehead atoms. The van der Waals surface area contributed by atoms with Gasteiger partial charge in [-0.15, -0.1) is 0 Å². The topological polar surface area (TPSA) is 49.3 Å². The van der Waals surface area contributed by atoms with Gasteiger partial charge in [0.2, 0.25) is 0 Å². The molecule has 1 fully saturated rings. The average Bonchev–Trinajstić information content (AvgIpc) is 2.48. The van der Waals surface area contributed by atoms with Crippen LogP contribution in [0, 0.1) is 11.2 Å². The van der Waals surface area contributed by atoms with Gasteiger partial charge in [-0.3, -0.25) is 4.79 Å². The third-order valence-corrected chi connectivity index (χ3v) is 4.45. The molecule has 0 radical (unpaired) electrons. The number of carbonyl (C=O) groups is 1. The maximum absolute atomic E-state index is 13.3. The lowest BCUT2D eigenvalue weighted by Crippen LogP contribution is -2.41. The van der Waals surface area contributed by atoms with Crippen molar-refractivity contribution in [3.8, 4) is 0 Å². The van der Waals surface area contributed by atoms with Crippen LogP contribution in [0.4, 0.5) is 4.39 Å². The number of amides is 1. The summed E-state index contributed by atoms with van der Waals surface area (Å²) in [5.74, 6) is -0.998. The third kappa shape index (κ3) is 3.30. The molecular weight excluding hydrogens is 281 g/mol. The number of hydrogen-bond donors (Lipinski definition) is 2. The molecule has 20 heavy (non-hydrogen) atoms. The van der Waals surface area contributed by atoms with Crippen molar-refractivity contribution < 1.29 is 14.3 Å². The summed E-state index contributed by atoms with van der Waals surface area (Å²) in [6.45, 7) is 0.458. The number of rotatable bonds is 4. The Morgan fingerprint density at radius 3 is 2.70 bits per heavy atom. The van der Waals surface area contributed by atoms with Crippen LogP contribution in [0.5, 0.6) is 0 Å². The second kappa shape index (κ2) is 6.55. The van der Waals surface area contributed by atoms with Crippen molar-refractivity contribution in [2.75, 3.05) is 13.2 Å². The summed E-state index contributed by atoms with van der Waals surface area (Å²) in [5.41, 5.74) is -0.108. The van der Waals surface area contributed by atoms with Gasteiger partial charge in [0.25, 0.3) is 5.91 Å². The van der Waals surface area contributed by atoms with Gasteiger partial charge >= 0.3 is 0 Å². The second-order valence-corrected chi connectivity index (χ2v) is 5.88. The van der Waals surface area contributed by atoms with Gasteiger partial charge in [0, 0.05) is 12.0 Å². The molecule has 0 saturated heterocycles. The number of hydrogen-bond acceptors (Lipinski definition) is 2. The van der Waals surface area contributed by atoms with E-state index < -0.39 is 11.7 Å². The molecule has 0 aliphatic heterocycles. The quantitative estimate of drug-likeness (QED) is 0.897. The highest BCUT2D eigenvalue weighted by Gasteiger charge is 2.32. The smallest absolute Gasteiger partial charge is 0.252 e. The highest BCUT2D eigenvalue weighted by atomic mass is 35.5. The summed E-state index contributed by atoms with van der Waals surface area (Å²) < 4.78 is 13.3. The van der Waals surface area contributed by atoms with Crippen LogP contribution in [0.3, 0.4) is 0 Å². The number of carbonyl (C=O) groups excluding carboxylic acids is 1. The van der Waals surface area contributed by atoms with E-state index in [-0.39, 0.29) is 22.6 Å². The maximum Gasteiger partial charge on any atom is 0.252 e. The minimum Gasteiger partial charge on any atom is -0.396 e. The van der Waals surface area contributed by atoms with E-state index in [2.05, 4.69) is 5.32 Å². The first-order valence-corrected chi connectivity index (χ1v) is 7.29. The van der Waals surface area contributed by atoms with E-state index >= 15 is 0 Å². The summed E-state index contributed by atoms with van der Waals surface area (Å²) >= 11 is 5.79. The van der Waals surface area contributed by atoms with E-state index in [4.69, 9.17) is 11.6 Å². The fourth-order valence-electron chi connectivity index (χ4n) is 2.73. The Morgan fingerprint density at radius 1 is 1.35 bits per heavy atom. The normalized spacial score (nSPS) is 17.8. The number of aliphatic hydroxyl groups is 1. The van der Waals surface area contributed by atoms with Crippen molar-refractivity contribution in [2.45, 2.75) is 32.1 Å². The molecular formula is C15H19ClFNO2. The van der Waals surface area contributed by atoms with Crippen LogP contribution in [0.15, 0.2) is 18.2 Å². The van der Waals surface area contributed by atoms with E-state index in [1.54, 1.807) is 0 Å². The largest absolute Gasteiger partial charge is 0.396 e. The van der Waals surface area contributed by atoms with Crippen molar-refractivity contribution in [3.05, 3.63) is 34.6 Å². The van der Waals surface area contributed by atoms with Crippen LogP contribution >= 0.6 is 11.6 Å². The lowest BCUT2D eigenvalue weighted by molar-refractivity contribution is 0.0718.